The van der Waals surface area contributed by atoms with Crippen LogP contribution < -0.4 is 10.6 Å². The van der Waals surface area contributed by atoms with Crippen molar-refractivity contribution in [1.82, 2.24) is 24.8 Å². The lowest BCUT2D eigenvalue weighted by molar-refractivity contribution is 0.111. The molecule has 0 spiro atoms. The third kappa shape index (κ3) is 5.58. The molecule has 7 nitrogen and oxygen atoms in total. The summed E-state index contributed by atoms with van der Waals surface area (Å²) in [5.41, 5.74) is 4.73. The van der Waals surface area contributed by atoms with Crippen molar-refractivity contribution in [3.05, 3.63) is 42.2 Å². The van der Waals surface area contributed by atoms with E-state index in [1.807, 2.05) is 6.20 Å². The van der Waals surface area contributed by atoms with Gasteiger partial charge in [-0.05, 0) is 57.1 Å². The number of nitrogens with zero attached hydrogens (tertiary/aromatic N) is 4. The van der Waals surface area contributed by atoms with Gasteiger partial charge in [0.05, 0.1) is 6.10 Å². The molecule has 5 rings (SSSR count). The molecule has 1 aliphatic heterocycles. The van der Waals surface area contributed by atoms with Crippen molar-refractivity contribution in [2.75, 3.05) is 25.0 Å². The van der Waals surface area contributed by atoms with Gasteiger partial charge < -0.3 is 20.3 Å². The normalized spacial score (nSPS) is 24.2. The first-order valence-corrected chi connectivity index (χ1v) is 13.9. The van der Waals surface area contributed by atoms with E-state index in [0.29, 0.717) is 24.1 Å². The number of benzene rings is 1. The Morgan fingerprint density at radius 3 is 2.67 bits per heavy atom. The Morgan fingerprint density at radius 2 is 1.94 bits per heavy atom. The summed E-state index contributed by atoms with van der Waals surface area (Å²) in [6.07, 6.45) is 9.96. The number of anilines is 1. The molecule has 1 aliphatic carbocycles. The first kappa shape index (κ1) is 25.2. The first-order valence-electron chi connectivity index (χ1n) is 13.9. The van der Waals surface area contributed by atoms with Crippen molar-refractivity contribution in [3.8, 4) is 11.1 Å². The quantitative estimate of drug-likeness (QED) is 0.414. The van der Waals surface area contributed by atoms with Crippen molar-refractivity contribution in [3.63, 3.8) is 0 Å². The monoisotopic (exact) mass is 490 g/mol. The van der Waals surface area contributed by atoms with Crippen LogP contribution in [0.2, 0.25) is 0 Å². The van der Waals surface area contributed by atoms with E-state index in [9.17, 15) is 5.11 Å². The molecule has 3 heterocycles. The van der Waals surface area contributed by atoms with Crippen LogP contribution >= 0.6 is 0 Å². The van der Waals surface area contributed by atoms with Crippen molar-refractivity contribution in [2.24, 2.45) is 0 Å². The Labute approximate surface area is 215 Å². The minimum absolute atomic E-state index is 0.171. The lowest BCUT2D eigenvalue weighted by Crippen LogP contribution is -2.49. The highest BCUT2D eigenvalue weighted by atomic mass is 16.3. The third-order valence-corrected chi connectivity index (χ3v) is 8.02. The predicted molar refractivity (Wildman–Crippen MR) is 147 cm³/mol. The van der Waals surface area contributed by atoms with Crippen LogP contribution in [0.15, 0.2) is 36.7 Å². The Kier molecular flexibility index (Phi) is 7.89. The smallest absolute Gasteiger partial charge is 0.224 e. The molecule has 3 aromatic rings. The van der Waals surface area contributed by atoms with Gasteiger partial charge in [-0.3, -0.25) is 4.90 Å². The zero-order valence-corrected chi connectivity index (χ0v) is 22.1. The van der Waals surface area contributed by atoms with Crippen LogP contribution in [0, 0.1) is 0 Å². The Morgan fingerprint density at radius 1 is 1.17 bits per heavy atom. The van der Waals surface area contributed by atoms with Crippen LogP contribution in [0.1, 0.15) is 70.9 Å². The second-order valence-corrected chi connectivity index (χ2v) is 10.9. The Balaban J connectivity index is 1.44. The summed E-state index contributed by atoms with van der Waals surface area (Å²) in [7, 11) is 0. The number of hydrogen-bond donors (Lipinski definition) is 3. The molecule has 2 aromatic heterocycles. The third-order valence-electron chi connectivity index (χ3n) is 8.02. The van der Waals surface area contributed by atoms with E-state index in [1.54, 1.807) is 0 Å². The van der Waals surface area contributed by atoms with Gasteiger partial charge in [-0.1, -0.05) is 37.6 Å². The zero-order chi connectivity index (χ0) is 25.1. The fourth-order valence-electron chi connectivity index (χ4n) is 5.81. The molecule has 0 amide bonds. The van der Waals surface area contributed by atoms with Gasteiger partial charge in [0, 0.05) is 67.6 Å². The molecule has 1 saturated carbocycles. The standard InChI is InChI=1S/C29H42N6O/c1-4-5-20(2)32-29-31-17-26-27(19-35(28(26)33-29)24-10-12-25(36)13-11-24)23-8-6-22(7-9-23)18-34-15-14-30-16-21(34)3/h6-9,17,19-21,24-25,30,36H,4-5,10-16,18H2,1-3H3,(H,31,32,33)/t20?,21-,24-,25-/m0/s1. The van der Waals surface area contributed by atoms with Crippen LogP contribution in [0.5, 0.6) is 0 Å². The molecule has 1 unspecified atom stereocenters. The topological polar surface area (TPSA) is 78.2 Å². The van der Waals surface area contributed by atoms with E-state index in [-0.39, 0.29) is 6.10 Å². The van der Waals surface area contributed by atoms with E-state index in [2.05, 4.69) is 71.3 Å². The van der Waals surface area contributed by atoms with Crippen molar-refractivity contribution >= 4 is 17.0 Å². The zero-order valence-electron chi connectivity index (χ0n) is 22.1. The van der Waals surface area contributed by atoms with Crippen LogP contribution in [-0.4, -0.2) is 62.4 Å². The van der Waals surface area contributed by atoms with Gasteiger partial charge in [-0.2, -0.15) is 4.98 Å². The Bertz CT molecular complexity index is 1130. The number of aromatic nitrogens is 3. The van der Waals surface area contributed by atoms with E-state index in [1.165, 1.54) is 16.7 Å². The summed E-state index contributed by atoms with van der Waals surface area (Å²) in [6, 6.07) is 10.3. The minimum Gasteiger partial charge on any atom is -0.393 e. The summed E-state index contributed by atoms with van der Waals surface area (Å²) in [4.78, 5) is 12.3. The Hall–Kier alpha value is -2.48. The van der Waals surface area contributed by atoms with E-state index >= 15 is 0 Å². The number of piperazine rings is 1. The fourth-order valence-corrected chi connectivity index (χ4v) is 5.81. The maximum absolute atomic E-state index is 10.1. The van der Waals surface area contributed by atoms with E-state index in [0.717, 1.165) is 75.7 Å². The van der Waals surface area contributed by atoms with Crippen molar-refractivity contribution in [2.45, 2.75) is 90.1 Å². The highest BCUT2D eigenvalue weighted by Gasteiger charge is 2.24. The average molecular weight is 491 g/mol. The van der Waals surface area contributed by atoms with Crippen LogP contribution in [0.25, 0.3) is 22.2 Å². The number of aliphatic hydroxyl groups is 1. The summed E-state index contributed by atoms with van der Waals surface area (Å²) < 4.78 is 2.35. The molecule has 3 N–H and O–H groups in total. The number of nitrogens with one attached hydrogen (secondary N) is 2. The van der Waals surface area contributed by atoms with Gasteiger partial charge >= 0.3 is 0 Å². The molecule has 2 aliphatic rings. The van der Waals surface area contributed by atoms with Crippen LogP contribution in [0.4, 0.5) is 5.95 Å². The van der Waals surface area contributed by atoms with Gasteiger partial charge in [0.2, 0.25) is 5.95 Å². The highest BCUT2D eigenvalue weighted by molar-refractivity contribution is 5.94. The molecule has 1 aromatic carbocycles. The number of aliphatic hydroxyl groups excluding tert-OH is 1. The van der Waals surface area contributed by atoms with Gasteiger partial charge in [-0.15, -0.1) is 0 Å². The second kappa shape index (κ2) is 11.3. The lowest BCUT2D eigenvalue weighted by atomic mass is 9.93. The number of rotatable bonds is 8. The summed E-state index contributed by atoms with van der Waals surface area (Å²) in [6.45, 7) is 10.9. The van der Waals surface area contributed by atoms with Gasteiger partial charge in [0.1, 0.15) is 5.65 Å². The van der Waals surface area contributed by atoms with Gasteiger partial charge in [0.25, 0.3) is 0 Å². The van der Waals surface area contributed by atoms with E-state index < -0.39 is 0 Å². The molecule has 0 radical (unpaired) electrons. The van der Waals surface area contributed by atoms with Crippen molar-refractivity contribution < 1.29 is 5.11 Å². The van der Waals surface area contributed by atoms with E-state index in [4.69, 9.17) is 9.97 Å². The SMILES string of the molecule is CCCC(C)Nc1ncc2c(-c3ccc(CN4CCNC[C@@H]4C)cc3)cn([C@H]3CC[C@H](O)CC3)c2n1. The summed E-state index contributed by atoms with van der Waals surface area (Å²) in [5.74, 6) is 0.700. The van der Waals surface area contributed by atoms with Gasteiger partial charge in [-0.25, -0.2) is 4.98 Å². The van der Waals surface area contributed by atoms with Crippen molar-refractivity contribution in [1.29, 1.82) is 0 Å². The molecule has 36 heavy (non-hydrogen) atoms. The molecule has 194 valence electrons. The summed E-state index contributed by atoms with van der Waals surface area (Å²) >= 11 is 0. The first-order chi connectivity index (χ1) is 17.5. The molecular formula is C29H42N6O. The highest BCUT2D eigenvalue weighted by Crippen LogP contribution is 2.37. The molecule has 0 bridgehead atoms. The second-order valence-electron chi connectivity index (χ2n) is 10.9. The maximum atomic E-state index is 10.1. The maximum Gasteiger partial charge on any atom is 0.224 e. The molecule has 7 heteroatoms. The van der Waals surface area contributed by atoms with Crippen LogP contribution in [-0.2, 0) is 6.54 Å². The number of fused-ring (bicyclic) bond motifs is 1. The largest absolute Gasteiger partial charge is 0.393 e. The van der Waals surface area contributed by atoms with Gasteiger partial charge in [0.15, 0.2) is 0 Å². The predicted octanol–water partition coefficient (Wildman–Crippen LogP) is 4.97. The van der Waals surface area contributed by atoms with Crippen LogP contribution in [0.3, 0.4) is 0 Å². The summed E-state index contributed by atoms with van der Waals surface area (Å²) in [5, 5.41) is 18.1. The number of hydrogen-bond acceptors (Lipinski definition) is 6. The fraction of sp³-hybridized carbons (Fsp3) is 0.586. The molecule has 2 atom stereocenters. The minimum atomic E-state index is -0.171. The lowest BCUT2D eigenvalue weighted by Gasteiger charge is -2.33. The molecule has 1 saturated heterocycles. The average Bonchev–Trinajstić information content (AvgIpc) is 3.25. The molecular weight excluding hydrogens is 448 g/mol. The molecule has 2 fully saturated rings.